The Balaban J connectivity index is 1.49. The Morgan fingerprint density at radius 3 is 2.44 bits per heavy atom. The molecule has 3 rings (SSSR count). The van der Waals surface area contributed by atoms with Crippen LogP contribution in [0.4, 0.5) is 4.39 Å². The highest BCUT2D eigenvalue weighted by atomic mass is 19.1. The molecule has 0 radical (unpaired) electrons. The second-order valence-corrected chi connectivity index (χ2v) is 9.02. The fourth-order valence-corrected chi connectivity index (χ4v) is 3.91. The first-order chi connectivity index (χ1) is 17.6. The first-order valence-corrected chi connectivity index (χ1v) is 13.0. The fraction of sp³-hybridized carbons (Fsp3) is 0.344. The summed E-state index contributed by atoms with van der Waals surface area (Å²) in [5, 5.41) is 0. The van der Waals surface area contributed by atoms with E-state index in [9.17, 15) is 4.39 Å². The fourth-order valence-electron chi connectivity index (χ4n) is 3.91. The lowest BCUT2D eigenvalue weighted by Crippen LogP contribution is -2.08. The lowest BCUT2D eigenvalue weighted by Gasteiger charge is -2.12. The van der Waals surface area contributed by atoms with Crippen molar-refractivity contribution in [1.82, 2.24) is 4.98 Å². The molecule has 1 aromatic heterocycles. The molecule has 190 valence electrons. The van der Waals surface area contributed by atoms with Crippen molar-refractivity contribution >= 4 is 6.08 Å². The van der Waals surface area contributed by atoms with Crippen LogP contribution in [0.1, 0.15) is 57.9 Å². The van der Waals surface area contributed by atoms with Crippen LogP contribution in [0.25, 0.3) is 28.5 Å². The monoisotopic (exact) mass is 487 g/mol. The van der Waals surface area contributed by atoms with Crippen molar-refractivity contribution in [1.29, 1.82) is 0 Å². The Morgan fingerprint density at radius 1 is 0.972 bits per heavy atom. The number of allylic oxidation sites excluding steroid dienone is 1. The molecule has 0 amide bonds. The van der Waals surface area contributed by atoms with Crippen molar-refractivity contribution in [2.45, 2.75) is 58.5 Å². The predicted molar refractivity (Wildman–Crippen MR) is 149 cm³/mol. The third-order valence-corrected chi connectivity index (χ3v) is 6.03. The SMILES string of the molecule is C=CCOc1ccc(-c2ccc(-c3ccc(C=CCCCC(C)OCCCCC)cc3)nc2)cc1F. The molecule has 2 aromatic carbocycles. The zero-order chi connectivity index (χ0) is 25.6. The van der Waals surface area contributed by atoms with Gasteiger partial charge in [0.2, 0.25) is 0 Å². The molecule has 0 bridgehead atoms. The maximum Gasteiger partial charge on any atom is 0.165 e. The second-order valence-electron chi connectivity index (χ2n) is 9.02. The molecule has 0 aliphatic heterocycles. The van der Waals surface area contributed by atoms with Gasteiger partial charge in [-0.2, -0.15) is 0 Å². The van der Waals surface area contributed by atoms with E-state index in [1.165, 1.54) is 24.5 Å². The van der Waals surface area contributed by atoms with Crippen LogP contribution in [0.15, 0.2) is 79.5 Å². The van der Waals surface area contributed by atoms with Crippen LogP contribution in [-0.4, -0.2) is 24.3 Å². The van der Waals surface area contributed by atoms with Crippen molar-refractivity contribution in [2.75, 3.05) is 13.2 Å². The molecule has 1 unspecified atom stereocenters. The number of unbranched alkanes of at least 4 members (excludes halogenated alkanes) is 3. The molecule has 0 fully saturated rings. The summed E-state index contributed by atoms with van der Waals surface area (Å²) >= 11 is 0. The van der Waals surface area contributed by atoms with Gasteiger partial charge in [0, 0.05) is 23.9 Å². The van der Waals surface area contributed by atoms with Crippen LogP contribution < -0.4 is 4.74 Å². The summed E-state index contributed by atoms with van der Waals surface area (Å²) in [6, 6.07) is 17.2. The van der Waals surface area contributed by atoms with E-state index in [4.69, 9.17) is 9.47 Å². The van der Waals surface area contributed by atoms with E-state index in [2.05, 4.69) is 61.8 Å². The number of aromatic nitrogens is 1. The molecule has 3 aromatic rings. The van der Waals surface area contributed by atoms with Crippen LogP contribution in [0.3, 0.4) is 0 Å². The smallest absolute Gasteiger partial charge is 0.165 e. The number of rotatable bonds is 15. The molecule has 3 nitrogen and oxygen atoms in total. The standard InChI is InChI=1S/C32H38FNO2/c1-4-6-10-22-35-25(3)11-8-7-9-12-26-13-15-27(16-14-26)31-19-17-29(24-34-31)28-18-20-32(30(33)23-28)36-21-5-2/h5,9,12-20,23-25H,2,4,6-8,10-11,21-22H2,1,3H3. The topological polar surface area (TPSA) is 31.4 Å². The summed E-state index contributed by atoms with van der Waals surface area (Å²) in [7, 11) is 0. The number of nitrogens with zero attached hydrogens (tertiary/aromatic N) is 1. The van der Waals surface area contributed by atoms with E-state index in [-0.39, 0.29) is 12.4 Å². The summed E-state index contributed by atoms with van der Waals surface area (Å²) < 4.78 is 25.5. The molecule has 1 atom stereocenters. The van der Waals surface area contributed by atoms with E-state index in [1.54, 1.807) is 18.3 Å². The summed E-state index contributed by atoms with van der Waals surface area (Å²) in [5.41, 5.74) is 4.72. The first-order valence-electron chi connectivity index (χ1n) is 13.0. The van der Waals surface area contributed by atoms with Gasteiger partial charge in [0.15, 0.2) is 11.6 Å². The van der Waals surface area contributed by atoms with Crippen molar-refractivity contribution in [2.24, 2.45) is 0 Å². The van der Waals surface area contributed by atoms with Gasteiger partial charge < -0.3 is 9.47 Å². The van der Waals surface area contributed by atoms with E-state index >= 15 is 0 Å². The third-order valence-electron chi connectivity index (χ3n) is 6.03. The lowest BCUT2D eigenvalue weighted by atomic mass is 10.0. The van der Waals surface area contributed by atoms with Crippen molar-refractivity contribution < 1.29 is 13.9 Å². The van der Waals surface area contributed by atoms with Gasteiger partial charge in [0.25, 0.3) is 0 Å². The van der Waals surface area contributed by atoms with Gasteiger partial charge in [0.1, 0.15) is 6.61 Å². The maximum atomic E-state index is 14.3. The van der Waals surface area contributed by atoms with Gasteiger partial charge in [0.05, 0.1) is 11.8 Å². The van der Waals surface area contributed by atoms with E-state index < -0.39 is 5.82 Å². The number of halogens is 1. The Morgan fingerprint density at radius 2 is 1.75 bits per heavy atom. The molecule has 4 heteroatoms. The average Bonchev–Trinajstić information content (AvgIpc) is 2.91. The van der Waals surface area contributed by atoms with Gasteiger partial charge in [-0.05, 0) is 61.9 Å². The van der Waals surface area contributed by atoms with Crippen molar-refractivity contribution in [3.8, 4) is 28.1 Å². The average molecular weight is 488 g/mol. The van der Waals surface area contributed by atoms with E-state index in [0.29, 0.717) is 6.10 Å². The second kappa shape index (κ2) is 15.0. The molecule has 0 aliphatic rings. The molecule has 1 heterocycles. The van der Waals surface area contributed by atoms with E-state index in [1.807, 2.05) is 18.2 Å². The number of hydrogen-bond donors (Lipinski definition) is 0. The highest BCUT2D eigenvalue weighted by Crippen LogP contribution is 2.27. The molecule has 0 aliphatic carbocycles. The molecule has 0 saturated carbocycles. The lowest BCUT2D eigenvalue weighted by molar-refractivity contribution is 0.0566. The first kappa shape index (κ1) is 27.3. The summed E-state index contributed by atoms with van der Waals surface area (Å²) in [4.78, 5) is 4.59. The highest BCUT2D eigenvalue weighted by molar-refractivity contribution is 5.68. The van der Waals surface area contributed by atoms with Crippen molar-refractivity contribution in [3.63, 3.8) is 0 Å². The number of ether oxygens (including phenoxy) is 2. The van der Waals surface area contributed by atoms with Crippen LogP contribution in [0.2, 0.25) is 0 Å². The zero-order valence-corrected chi connectivity index (χ0v) is 21.6. The van der Waals surface area contributed by atoms with Crippen LogP contribution >= 0.6 is 0 Å². The molecule has 0 saturated heterocycles. The summed E-state index contributed by atoms with van der Waals surface area (Å²) in [5.74, 6) is -0.175. The molecular formula is C32H38FNO2. The maximum absolute atomic E-state index is 14.3. The van der Waals surface area contributed by atoms with Gasteiger partial charge in [-0.15, -0.1) is 0 Å². The minimum Gasteiger partial charge on any atom is -0.486 e. The number of benzene rings is 2. The van der Waals surface area contributed by atoms with Crippen LogP contribution in [0.5, 0.6) is 5.75 Å². The summed E-state index contributed by atoms with van der Waals surface area (Å²) in [6.07, 6.45) is 15.0. The van der Waals surface area contributed by atoms with Gasteiger partial charge >= 0.3 is 0 Å². The minimum atomic E-state index is -0.396. The van der Waals surface area contributed by atoms with Crippen molar-refractivity contribution in [3.05, 3.63) is 90.9 Å². The predicted octanol–water partition coefficient (Wildman–Crippen LogP) is 8.90. The number of hydrogen-bond acceptors (Lipinski definition) is 3. The molecule has 36 heavy (non-hydrogen) atoms. The molecule has 0 spiro atoms. The Bertz CT molecular complexity index is 1090. The molecular weight excluding hydrogens is 449 g/mol. The number of pyridine rings is 1. The van der Waals surface area contributed by atoms with Gasteiger partial charge in [-0.25, -0.2) is 4.39 Å². The Kier molecular flexibility index (Phi) is 11.4. The Labute approximate surface area is 215 Å². The largest absolute Gasteiger partial charge is 0.486 e. The Hall–Kier alpha value is -3.24. The third kappa shape index (κ3) is 8.76. The highest BCUT2D eigenvalue weighted by Gasteiger charge is 2.07. The molecule has 0 N–H and O–H groups in total. The summed E-state index contributed by atoms with van der Waals surface area (Å²) in [6.45, 7) is 9.12. The van der Waals surface area contributed by atoms with E-state index in [0.717, 1.165) is 54.7 Å². The normalized spacial score (nSPS) is 12.1. The minimum absolute atomic E-state index is 0.221. The quantitative estimate of drug-likeness (QED) is 0.158. The zero-order valence-electron chi connectivity index (χ0n) is 21.6. The van der Waals surface area contributed by atoms with Gasteiger partial charge in [-0.3, -0.25) is 4.98 Å². The van der Waals surface area contributed by atoms with Crippen LogP contribution in [-0.2, 0) is 4.74 Å². The van der Waals surface area contributed by atoms with Crippen LogP contribution in [0, 0.1) is 5.82 Å². The van der Waals surface area contributed by atoms with Gasteiger partial charge in [-0.1, -0.05) is 81.0 Å².